The largest absolute Gasteiger partial charge is 0.325 e. The third-order valence-electron chi connectivity index (χ3n) is 5.36. The van der Waals surface area contributed by atoms with Gasteiger partial charge in [0.25, 0.3) is 0 Å². The van der Waals surface area contributed by atoms with Gasteiger partial charge in [-0.25, -0.2) is 13.1 Å². The molecule has 0 aliphatic carbocycles. The van der Waals surface area contributed by atoms with E-state index in [0.29, 0.717) is 48.7 Å². The van der Waals surface area contributed by atoms with E-state index in [9.17, 15) is 13.2 Å². The van der Waals surface area contributed by atoms with Crippen LogP contribution in [0.2, 0.25) is 5.02 Å². The highest BCUT2D eigenvalue weighted by Crippen LogP contribution is 2.24. The molecule has 31 heavy (non-hydrogen) atoms. The third kappa shape index (κ3) is 4.89. The average molecular weight is 462 g/mol. The monoisotopic (exact) mass is 461 g/mol. The fraction of sp³-hybridized carbons (Fsp3) is 0.381. The zero-order valence-electron chi connectivity index (χ0n) is 17.0. The maximum Gasteiger partial charge on any atom is 0.243 e. The van der Waals surface area contributed by atoms with E-state index < -0.39 is 10.0 Å². The number of aromatic nitrogens is 3. The predicted octanol–water partition coefficient (Wildman–Crippen LogP) is 3.68. The van der Waals surface area contributed by atoms with Crippen LogP contribution in [0.25, 0.3) is 11.0 Å². The number of para-hydroxylation sites is 1. The summed E-state index contributed by atoms with van der Waals surface area (Å²) in [5.74, 6) is -0.132. The summed E-state index contributed by atoms with van der Waals surface area (Å²) in [6, 6.07) is 12.0. The Labute approximate surface area is 186 Å². The number of fused-ring (bicyclic) bond motifs is 1. The van der Waals surface area contributed by atoms with Gasteiger partial charge in [0.15, 0.2) is 0 Å². The first-order valence-electron chi connectivity index (χ1n) is 10.3. The molecule has 1 aliphatic heterocycles. The predicted molar refractivity (Wildman–Crippen MR) is 119 cm³/mol. The van der Waals surface area contributed by atoms with Gasteiger partial charge in [-0.05, 0) is 49.6 Å². The lowest BCUT2D eigenvalue weighted by molar-refractivity contribution is -0.116. The maximum atomic E-state index is 12.9. The molecule has 0 radical (unpaired) electrons. The van der Waals surface area contributed by atoms with Gasteiger partial charge in [0.1, 0.15) is 5.52 Å². The van der Waals surface area contributed by atoms with Gasteiger partial charge in [0, 0.05) is 26.1 Å². The van der Waals surface area contributed by atoms with Gasteiger partial charge in [0.05, 0.1) is 21.1 Å². The van der Waals surface area contributed by atoms with Crippen molar-refractivity contribution in [1.29, 1.82) is 0 Å². The van der Waals surface area contributed by atoms with E-state index in [1.165, 1.54) is 0 Å². The van der Waals surface area contributed by atoms with E-state index in [0.717, 1.165) is 24.8 Å². The molecule has 1 amide bonds. The first-order chi connectivity index (χ1) is 14.9. The van der Waals surface area contributed by atoms with Crippen LogP contribution < -0.4 is 5.32 Å². The van der Waals surface area contributed by atoms with Crippen LogP contribution in [0, 0.1) is 0 Å². The van der Waals surface area contributed by atoms with Crippen molar-refractivity contribution in [2.24, 2.45) is 0 Å². The molecule has 1 N–H and O–H groups in total. The van der Waals surface area contributed by atoms with E-state index in [4.69, 9.17) is 11.6 Å². The van der Waals surface area contributed by atoms with Gasteiger partial charge < -0.3 is 5.32 Å². The number of nitrogens with zero attached hydrogens (tertiary/aromatic N) is 4. The third-order valence-corrected chi connectivity index (χ3v) is 7.58. The fourth-order valence-electron chi connectivity index (χ4n) is 3.70. The summed E-state index contributed by atoms with van der Waals surface area (Å²) < 4.78 is 29.0. The minimum absolute atomic E-state index is 0.132. The number of benzene rings is 2. The van der Waals surface area contributed by atoms with Crippen LogP contribution in [0.4, 0.5) is 5.69 Å². The molecule has 0 unspecified atom stereocenters. The Kier molecular flexibility index (Phi) is 6.54. The van der Waals surface area contributed by atoms with Crippen molar-refractivity contribution in [3.63, 3.8) is 0 Å². The summed E-state index contributed by atoms with van der Waals surface area (Å²) in [4.78, 5) is 12.4. The van der Waals surface area contributed by atoms with Gasteiger partial charge in [-0.3, -0.25) is 4.79 Å². The highest BCUT2D eigenvalue weighted by atomic mass is 35.5. The molecule has 1 aromatic heterocycles. The van der Waals surface area contributed by atoms with Crippen LogP contribution in [-0.4, -0.2) is 46.7 Å². The molecular weight excluding hydrogens is 438 g/mol. The number of halogens is 1. The van der Waals surface area contributed by atoms with Crippen molar-refractivity contribution in [3.05, 3.63) is 47.5 Å². The number of piperidine rings is 1. The summed E-state index contributed by atoms with van der Waals surface area (Å²) >= 11 is 6.06. The molecule has 164 valence electrons. The van der Waals surface area contributed by atoms with Crippen LogP contribution in [0.15, 0.2) is 47.4 Å². The summed E-state index contributed by atoms with van der Waals surface area (Å²) in [6.07, 6.45) is 3.70. The molecule has 1 fully saturated rings. The highest BCUT2D eigenvalue weighted by molar-refractivity contribution is 7.89. The maximum absolute atomic E-state index is 12.9. The number of amides is 1. The molecule has 0 saturated carbocycles. The molecule has 8 nitrogen and oxygen atoms in total. The second-order valence-electron chi connectivity index (χ2n) is 7.56. The molecule has 0 bridgehead atoms. The number of carbonyl (C=O) groups excluding carboxylic acids is 1. The Hall–Kier alpha value is -2.49. The van der Waals surface area contributed by atoms with Crippen molar-refractivity contribution in [2.75, 3.05) is 18.4 Å². The van der Waals surface area contributed by atoms with E-state index in [2.05, 4.69) is 15.6 Å². The average Bonchev–Trinajstić information content (AvgIpc) is 3.18. The Morgan fingerprint density at radius 2 is 1.87 bits per heavy atom. The number of carbonyl (C=O) groups is 1. The SMILES string of the molecule is O=C(CCCn1nnc2cc(S(=O)(=O)N3CCCCC3)ccc21)Nc1ccccc1Cl. The van der Waals surface area contributed by atoms with Crippen LogP contribution >= 0.6 is 11.6 Å². The van der Waals surface area contributed by atoms with Crippen LogP contribution in [0.5, 0.6) is 0 Å². The zero-order chi connectivity index (χ0) is 21.8. The second kappa shape index (κ2) is 9.33. The van der Waals surface area contributed by atoms with Crippen molar-refractivity contribution < 1.29 is 13.2 Å². The van der Waals surface area contributed by atoms with Crippen LogP contribution in [0.3, 0.4) is 0 Å². The van der Waals surface area contributed by atoms with E-state index in [-0.39, 0.29) is 10.8 Å². The van der Waals surface area contributed by atoms with Gasteiger partial charge in [-0.1, -0.05) is 35.4 Å². The molecule has 10 heteroatoms. The highest BCUT2D eigenvalue weighted by Gasteiger charge is 2.26. The molecule has 1 saturated heterocycles. The molecule has 0 spiro atoms. The molecule has 4 rings (SSSR count). The van der Waals surface area contributed by atoms with Crippen LogP contribution in [0.1, 0.15) is 32.1 Å². The van der Waals surface area contributed by atoms with Crippen molar-refractivity contribution in [1.82, 2.24) is 19.3 Å². The van der Waals surface area contributed by atoms with Crippen LogP contribution in [-0.2, 0) is 21.4 Å². The second-order valence-corrected chi connectivity index (χ2v) is 9.90. The Morgan fingerprint density at radius 1 is 1.10 bits per heavy atom. The molecule has 2 aromatic carbocycles. The minimum atomic E-state index is -3.51. The lowest BCUT2D eigenvalue weighted by atomic mass is 10.2. The number of nitrogens with one attached hydrogen (secondary N) is 1. The number of aryl methyl sites for hydroxylation is 1. The van der Waals surface area contributed by atoms with E-state index in [1.807, 2.05) is 6.07 Å². The topological polar surface area (TPSA) is 97.2 Å². The zero-order valence-corrected chi connectivity index (χ0v) is 18.6. The lowest BCUT2D eigenvalue weighted by Gasteiger charge is -2.25. The number of anilines is 1. The smallest absolute Gasteiger partial charge is 0.243 e. The normalized spacial score (nSPS) is 15.3. The molecule has 3 aromatic rings. The Balaban J connectivity index is 1.39. The number of rotatable bonds is 7. The number of hydrogen-bond donors (Lipinski definition) is 1. The standard InChI is InChI=1S/C21H24ClN5O3S/c22-17-7-2-3-8-18(17)23-21(28)9-6-14-27-20-11-10-16(15-19(20)24-25-27)31(29,30)26-12-4-1-5-13-26/h2-3,7-8,10-11,15H,1,4-6,9,12-14H2,(H,23,28). The van der Waals surface area contributed by atoms with E-state index in [1.54, 1.807) is 45.4 Å². The number of hydrogen-bond acceptors (Lipinski definition) is 5. The summed E-state index contributed by atoms with van der Waals surface area (Å²) in [5, 5.41) is 11.5. The Bertz CT molecular complexity index is 1190. The first kappa shape index (κ1) is 21.7. The summed E-state index contributed by atoms with van der Waals surface area (Å²) in [6.45, 7) is 1.61. The minimum Gasteiger partial charge on any atom is -0.325 e. The van der Waals surface area contributed by atoms with Crippen molar-refractivity contribution >= 4 is 44.3 Å². The molecule has 2 heterocycles. The number of sulfonamides is 1. The quantitative estimate of drug-likeness (QED) is 0.578. The van der Waals surface area contributed by atoms with Gasteiger partial charge in [0.2, 0.25) is 15.9 Å². The molecular formula is C21H24ClN5O3S. The van der Waals surface area contributed by atoms with Crippen molar-refractivity contribution in [3.8, 4) is 0 Å². The summed E-state index contributed by atoms with van der Waals surface area (Å²) in [7, 11) is -3.51. The fourth-order valence-corrected chi connectivity index (χ4v) is 5.42. The molecule has 0 atom stereocenters. The Morgan fingerprint density at radius 3 is 2.65 bits per heavy atom. The first-order valence-corrected chi connectivity index (χ1v) is 12.1. The van der Waals surface area contributed by atoms with E-state index >= 15 is 0 Å². The lowest BCUT2D eigenvalue weighted by Crippen LogP contribution is -2.35. The van der Waals surface area contributed by atoms with Gasteiger partial charge in [-0.2, -0.15) is 4.31 Å². The van der Waals surface area contributed by atoms with Gasteiger partial charge >= 0.3 is 0 Å². The van der Waals surface area contributed by atoms with Gasteiger partial charge in [-0.15, -0.1) is 5.10 Å². The molecule has 1 aliphatic rings. The summed E-state index contributed by atoms with van der Waals surface area (Å²) in [5.41, 5.74) is 1.85. The van der Waals surface area contributed by atoms with Crippen molar-refractivity contribution in [2.45, 2.75) is 43.5 Å².